The minimum atomic E-state index is -0.548. The van der Waals surface area contributed by atoms with E-state index < -0.39 is 18.9 Å². The highest BCUT2D eigenvalue weighted by Crippen LogP contribution is 2.47. The van der Waals surface area contributed by atoms with Crippen LogP contribution in [0.15, 0.2) is 0 Å². The number of rotatable bonds is 16. The summed E-state index contributed by atoms with van der Waals surface area (Å²) in [5.74, 6) is 3.23. The summed E-state index contributed by atoms with van der Waals surface area (Å²) in [4.78, 5) is 0. The molecule has 0 aliphatic carbocycles. The summed E-state index contributed by atoms with van der Waals surface area (Å²) in [6.07, 6.45) is 1.49. The lowest BCUT2D eigenvalue weighted by Crippen LogP contribution is -2.60. The topological polar surface area (TPSA) is 102 Å². The summed E-state index contributed by atoms with van der Waals surface area (Å²) in [6.45, 7) is 47.4. The van der Waals surface area contributed by atoms with Gasteiger partial charge in [0, 0.05) is 35.5 Å². The van der Waals surface area contributed by atoms with E-state index in [9.17, 15) is 0 Å². The summed E-state index contributed by atoms with van der Waals surface area (Å²) in [7, 11) is 0. The molecule has 0 radical (unpaired) electrons. The van der Waals surface area contributed by atoms with Gasteiger partial charge in [0.1, 0.15) is 6.10 Å². The van der Waals surface area contributed by atoms with Crippen LogP contribution in [0.1, 0.15) is 178 Å². The van der Waals surface area contributed by atoms with Crippen LogP contribution < -0.4 is 0 Å². The first-order chi connectivity index (χ1) is 32.1. The first-order valence-electron chi connectivity index (χ1n) is 28.3. The molecule has 68 heavy (non-hydrogen) atoms. The Balaban J connectivity index is 1.18. The minimum Gasteiger partial charge on any atom is -0.372 e. The predicted molar refractivity (Wildman–Crippen MR) is 267 cm³/mol. The van der Waals surface area contributed by atoms with Crippen LogP contribution in [-0.2, 0) is 52.1 Å². The van der Waals surface area contributed by atoms with Crippen molar-refractivity contribution in [2.45, 2.75) is 282 Å². The predicted octanol–water partition coefficient (Wildman–Crippen LogP) is 12.3. The summed E-state index contributed by atoms with van der Waals surface area (Å²) < 4.78 is 77.2. The van der Waals surface area contributed by atoms with Crippen molar-refractivity contribution in [3.63, 3.8) is 0 Å². The first-order valence-corrected chi connectivity index (χ1v) is 28.3. The highest BCUT2D eigenvalue weighted by molar-refractivity contribution is 4.96. The molecule has 6 fully saturated rings. The third-order valence-electron chi connectivity index (χ3n) is 19.6. The zero-order valence-electron chi connectivity index (χ0n) is 46.9. The standard InChI is InChI=1S/C57H104O11/c1-22-42-30(10)31(11)52(68-53-35(15)28(8)29(9)41(21)58-53)57(62-42)65-49-38(18)44(24-3)60-55(40(49)20)64-48-37(17)43(23-2)61-56(39(48)19)67-51-34(14)36(16)54(63-46(51)26-5)66-50-33(13)32(12)47(27(6)7)59-45(50)25-4/h27-57H,22-26H2,1-21H3/t28-,29?,30+,31-,32?,33+,34+,35?,36?,37-,38-,39?,40?,41?,42?,43?,44?,45?,46?,47-,48-,49-,50-,51+,52?,53-,54-,55-,56+,57-/m0/s1. The van der Waals surface area contributed by atoms with Gasteiger partial charge in [-0.3, -0.25) is 0 Å². The van der Waals surface area contributed by atoms with Gasteiger partial charge in [-0.1, -0.05) is 138 Å². The number of ether oxygens (including phenoxy) is 11. The van der Waals surface area contributed by atoms with Crippen molar-refractivity contribution in [3.05, 3.63) is 0 Å². The third kappa shape index (κ3) is 11.6. The normalized spacial score (nSPS) is 52.9. The lowest BCUT2D eigenvalue weighted by molar-refractivity contribution is -0.373. The first kappa shape index (κ1) is 56.8. The van der Waals surface area contributed by atoms with Crippen molar-refractivity contribution in [3.8, 4) is 0 Å². The van der Waals surface area contributed by atoms with Gasteiger partial charge >= 0.3 is 0 Å². The lowest BCUT2D eigenvalue weighted by Gasteiger charge is -2.53. The molecule has 13 unspecified atom stereocenters. The molecule has 6 heterocycles. The molecule has 398 valence electrons. The largest absolute Gasteiger partial charge is 0.372 e. The van der Waals surface area contributed by atoms with E-state index >= 15 is 0 Å². The highest BCUT2D eigenvalue weighted by atomic mass is 16.8. The molecular formula is C57H104O11. The van der Waals surface area contributed by atoms with E-state index in [1.54, 1.807) is 0 Å². The Morgan fingerprint density at radius 3 is 1.10 bits per heavy atom. The molecule has 0 bridgehead atoms. The Bertz CT molecular complexity index is 1510. The molecule has 6 saturated heterocycles. The summed E-state index contributed by atoms with van der Waals surface area (Å²) in [6, 6.07) is 0. The lowest BCUT2D eigenvalue weighted by atomic mass is 9.77. The van der Waals surface area contributed by atoms with Crippen molar-refractivity contribution in [1.29, 1.82) is 0 Å². The van der Waals surface area contributed by atoms with Gasteiger partial charge in [-0.2, -0.15) is 0 Å². The summed E-state index contributed by atoms with van der Waals surface area (Å²) >= 11 is 0. The molecule has 6 aliphatic heterocycles. The molecule has 0 saturated carbocycles. The van der Waals surface area contributed by atoms with Crippen LogP contribution in [0, 0.1) is 82.9 Å². The molecule has 0 aromatic carbocycles. The summed E-state index contributed by atoms with van der Waals surface area (Å²) in [5.41, 5.74) is 0. The van der Waals surface area contributed by atoms with E-state index in [4.69, 9.17) is 52.1 Å². The SMILES string of the molecule is CCC1O[C@@H](C(C)C)C(C)[C@@H](C)[C@@H]1O[C@@H]1OC(CC)[C@H](O[C@H]2OC(CC)[C@H](C)[C@H](O[C@@H]3OC(CC)[C@H](C)[C@H](O[C@@H]4OC(CC)[C@H](C)[C@H](C)C4O[C@@H]4OC(C)C(C)[C@H](C)C4C)C3C)C2C)[C@H](C)C1C. The van der Waals surface area contributed by atoms with Crippen molar-refractivity contribution < 1.29 is 52.1 Å². The summed E-state index contributed by atoms with van der Waals surface area (Å²) in [5, 5.41) is 0. The van der Waals surface area contributed by atoms with Crippen LogP contribution in [0.25, 0.3) is 0 Å². The monoisotopic (exact) mass is 965 g/mol. The second-order valence-corrected chi connectivity index (χ2v) is 24.0. The second-order valence-electron chi connectivity index (χ2n) is 24.0. The molecule has 0 N–H and O–H groups in total. The fourth-order valence-electron chi connectivity index (χ4n) is 13.4. The molecule has 6 rings (SSSR count). The Morgan fingerprint density at radius 2 is 0.618 bits per heavy atom. The van der Waals surface area contributed by atoms with Crippen LogP contribution in [0.4, 0.5) is 0 Å². The molecule has 0 amide bonds. The molecule has 0 aromatic heterocycles. The maximum absolute atomic E-state index is 7.34. The van der Waals surface area contributed by atoms with Crippen LogP contribution >= 0.6 is 0 Å². The van der Waals surface area contributed by atoms with E-state index in [0.717, 1.165) is 32.1 Å². The van der Waals surface area contributed by atoms with E-state index in [-0.39, 0.29) is 133 Å². The van der Waals surface area contributed by atoms with Crippen molar-refractivity contribution in [2.75, 3.05) is 0 Å². The average Bonchev–Trinajstić information content (AvgIpc) is 3.31. The minimum absolute atomic E-state index is 0.0296. The molecular weight excluding hydrogens is 861 g/mol. The van der Waals surface area contributed by atoms with E-state index in [0.29, 0.717) is 35.5 Å². The van der Waals surface area contributed by atoms with Crippen molar-refractivity contribution in [2.24, 2.45) is 82.9 Å². The van der Waals surface area contributed by atoms with Gasteiger partial charge in [0.2, 0.25) is 0 Å². The average molecular weight is 965 g/mol. The van der Waals surface area contributed by atoms with Gasteiger partial charge in [0.05, 0.1) is 67.1 Å². The van der Waals surface area contributed by atoms with Crippen LogP contribution in [0.5, 0.6) is 0 Å². The zero-order chi connectivity index (χ0) is 50.2. The van der Waals surface area contributed by atoms with Gasteiger partial charge in [-0.15, -0.1) is 0 Å². The maximum atomic E-state index is 7.34. The van der Waals surface area contributed by atoms with E-state index in [2.05, 4.69) is 145 Å². The van der Waals surface area contributed by atoms with Gasteiger partial charge in [0.15, 0.2) is 31.5 Å². The second kappa shape index (κ2) is 24.3. The molecule has 0 aromatic rings. The fraction of sp³-hybridized carbons (Fsp3) is 1.00. The number of hydrogen-bond acceptors (Lipinski definition) is 11. The van der Waals surface area contributed by atoms with Crippen LogP contribution in [0.3, 0.4) is 0 Å². The van der Waals surface area contributed by atoms with Crippen LogP contribution in [-0.4, -0.2) is 105 Å². The van der Waals surface area contributed by atoms with Gasteiger partial charge < -0.3 is 52.1 Å². The molecule has 0 spiro atoms. The van der Waals surface area contributed by atoms with Gasteiger partial charge in [-0.05, 0) is 86.4 Å². The van der Waals surface area contributed by atoms with Crippen LogP contribution in [0.2, 0.25) is 0 Å². The quantitative estimate of drug-likeness (QED) is 0.148. The zero-order valence-corrected chi connectivity index (χ0v) is 46.9. The smallest absolute Gasteiger partial charge is 0.184 e. The Hall–Kier alpha value is -0.440. The van der Waals surface area contributed by atoms with Gasteiger partial charge in [0.25, 0.3) is 0 Å². The number of hydrogen-bond donors (Lipinski definition) is 0. The maximum Gasteiger partial charge on any atom is 0.184 e. The Morgan fingerprint density at radius 1 is 0.279 bits per heavy atom. The molecule has 30 atom stereocenters. The fourth-order valence-corrected chi connectivity index (χ4v) is 13.4. The third-order valence-corrected chi connectivity index (χ3v) is 19.6. The van der Waals surface area contributed by atoms with Crippen molar-refractivity contribution in [1.82, 2.24) is 0 Å². The van der Waals surface area contributed by atoms with E-state index in [1.807, 2.05) is 0 Å². The van der Waals surface area contributed by atoms with E-state index in [1.165, 1.54) is 0 Å². The Kier molecular flexibility index (Phi) is 20.3. The Labute approximate surface area is 415 Å². The highest BCUT2D eigenvalue weighted by Gasteiger charge is 2.54. The molecule has 11 nitrogen and oxygen atoms in total. The van der Waals surface area contributed by atoms with Gasteiger partial charge in [-0.25, -0.2) is 0 Å². The molecule has 6 aliphatic rings. The molecule has 11 heteroatoms. The van der Waals surface area contributed by atoms with Crippen molar-refractivity contribution >= 4 is 0 Å².